The van der Waals surface area contributed by atoms with Crippen molar-refractivity contribution >= 4 is 34.1 Å². The Hall–Kier alpha value is -5.44. The number of nitrogens with one attached hydrogen (secondary N) is 1. The van der Waals surface area contributed by atoms with Gasteiger partial charge >= 0.3 is 11.8 Å². The number of ether oxygens (including phenoxy) is 4. The van der Waals surface area contributed by atoms with E-state index in [0.29, 0.717) is 0 Å². The molecule has 3 aliphatic heterocycles. The molecule has 0 saturated heterocycles. The van der Waals surface area contributed by atoms with Gasteiger partial charge in [0.2, 0.25) is 0 Å². The van der Waals surface area contributed by atoms with Crippen LogP contribution in [0.25, 0.3) is 16.5 Å². The largest absolute Gasteiger partial charge is 0.507 e. The molecule has 0 saturated carbocycles. The molecule has 3 aromatic rings. The highest BCUT2D eigenvalue weighted by atomic mass is 16.7. The van der Waals surface area contributed by atoms with Crippen LogP contribution in [0, 0.1) is 30.6 Å². The van der Waals surface area contributed by atoms with Crippen molar-refractivity contribution in [3.8, 4) is 28.7 Å². The third-order valence-electron chi connectivity index (χ3n) is 10.9. The Morgan fingerprint density at radius 3 is 2.18 bits per heavy atom. The molecular formula is C42H51N2O12+. The Kier molecular flexibility index (Phi) is 12.2. The van der Waals surface area contributed by atoms with Gasteiger partial charge in [-0.1, -0.05) is 52.0 Å². The minimum absolute atomic E-state index is 0.0571. The van der Waals surface area contributed by atoms with E-state index in [2.05, 4.69) is 5.32 Å². The first kappa shape index (κ1) is 41.7. The number of aliphatic hydroxyl groups is 2. The molecule has 0 spiro atoms. The van der Waals surface area contributed by atoms with Gasteiger partial charge < -0.3 is 49.8 Å². The lowest BCUT2D eigenvalue weighted by molar-refractivity contribution is -0.595. The monoisotopic (exact) mass is 775 g/mol. The molecule has 4 heterocycles. The molecule has 56 heavy (non-hydrogen) atoms. The highest BCUT2D eigenvalue weighted by Gasteiger charge is 2.50. The summed E-state index contributed by atoms with van der Waals surface area (Å²) in [5.41, 5.74) is -0.302. The van der Waals surface area contributed by atoms with Gasteiger partial charge in [0.1, 0.15) is 17.6 Å². The number of anilines is 1. The SMILES string of the molecule is COC1/C=C/OC2(C)Oc3c(C)c(O)c4c(O)c(c(-[n+]5ccccc5)c(O)c4c3C2=O)NC(=O)/C(C)=C\C=C\C(C)C(O)C(C)C(O)C(C)C(OC(C)=O)C1C. The number of phenols is 3. The zero-order chi connectivity index (χ0) is 41.4. The van der Waals surface area contributed by atoms with Gasteiger partial charge in [-0.3, -0.25) is 14.4 Å². The number of carbonyl (C=O) groups is 3. The Morgan fingerprint density at radius 1 is 0.893 bits per heavy atom. The van der Waals surface area contributed by atoms with Crippen LogP contribution in [-0.4, -0.2) is 80.5 Å². The van der Waals surface area contributed by atoms with Crippen molar-refractivity contribution in [1.82, 2.24) is 0 Å². The number of amides is 1. The standard InChI is InChI=1S/C42H50N2O12/c1-20-14-13-15-21(2)41(52)43-31-32(44-17-11-10-12-18-44)37(50)28-29(36(31)49)35(48)25(6)39-30(28)40(51)42(8,56-39)54-19-16-27(53-9)22(3)38(55-26(7)45)24(5)34(47)23(4)33(20)46/h10-20,22-24,27,33-34,38,46-47H,1-9H3,(H3-,43,48,49,50,51,52)/p+1/b14-13+,19-16+,21-15-. The van der Waals surface area contributed by atoms with E-state index in [0.717, 1.165) is 0 Å². The lowest BCUT2D eigenvalue weighted by Gasteiger charge is -2.38. The number of carbonyl (C=O) groups excluding carboxylic acids is 3. The van der Waals surface area contributed by atoms with Gasteiger partial charge in [-0.05, 0) is 19.9 Å². The fraction of sp³-hybridized carbons (Fsp3) is 0.429. The van der Waals surface area contributed by atoms with Crippen molar-refractivity contribution < 1.29 is 63.4 Å². The van der Waals surface area contributed by atoms with Crippen LogP contribution in [0.15, 0.2) is 66.7 Å². The molecule has 2 aromatic carbocycles. The van der Waals surface area contributed by atoms with Crippen LogP contribution in [0.5, 0.6) is 23.0 Å². The summed E-state index contributed by atoms with van der Waals surface area (Å²) in [4.78, 5) is 40.3. The first-order valence-electron chi connectivity index (χ1n) is 18.4. The third-order valence-corrected chi connectivity index (χ3v) is 10.9. The number of fused-ring (bicyclic) bond motifs is 14. The van der Waals surface area contributed by atoms with Crippen molar-refractivity contribution in [2.75, 3.05) is 12.4 Å². The van der Waals surface area contributed by atoms with Crippen molar-refractivity contribution in [2.45, 2.75) is 85.6 Å². The number of ketones is 1. The molecule has 1 amide bonds. The molecule has 3 aliphatic rings. The Morgan fingerprint density at radius 2 is 1.55 bits per heavy atom. The number of methoxy groups -OCH3 is 1. The second-order valence-corrected chi connectivity index (χ2v) is 14.8. The maximum atomic E-state index is 14.4. The van der Waals surface area contributed by atoms with Crippen LogP contribution in [0.1, 0.15) is 64.4 Å². The lowest BCUT2D eigenvalue weighted by atomic mass is 9.78. The smallest absolute Gasteiger partial charge is 0.312 e. The molecule has 0 radical (unpaired) electrons. The number of hydrogen-bond donors (Lipinski definition) is 6. The molecule has 0 aliphatic carbocycles. The maximum Gasteiger partial charge on any atom is 0.312 e. The minimum Gasteiger partial charge on any atom is -0.507 e. The van der Waals surface area contributed by atoms with Crippen LogP contribution in [0.3, 0.4) is 0 Å². The average Bonchev–Trinajstić information content (AvgIpc) is 3.43. The number of benzene rings is 2. The summed E-state index contributed by atoms with van der Waals surface area (Å²) < 4.78 is 25.0. The van der Waals surface area contributed by atoms with Gasteiger partial charge in [-0.15, -0.1) is 0 Å². The molecule has 1 aromatic heterocycles. The molecule has 6 rings (SSSR count). The Labute approximate surface area is 325 Å². The van der Waals surface area contributed by atoms with E-state index in [4.69, 9.17) is 18.9 Å². The van der Waals surface area contributed by atoms with Crippen molar-refractivity contribution in [3.63, 3.8) is 0 Å². The average molecular weight is 776 g/mol. The topological polar surface area (TPSA) is 205 Å². The molecular weight excluding hydrogens is 724 g/mol. The van der Waals surface area contributed by atoms with E-state index in [1.54, 1.807) is 70.4 Å². The summed E-state index contributed by atoms with van der Waals surface area (Å²) in [5.74, 6) is -8.30. The second kappa shape index (κ2) is 16.3. The molecule has 0 fully saturated rings. The fourth-order valence-corrected chi connectivity index (χ4v) is 7.51. The number of Topliss-reactive ketones (excluding diaryl/α,β-unsaturated/α-hetero) is 1. The summed E-state index contributed by atoms with van der Waals surface area (Å²) in [6.45, 7) is 12.5. The fourth-order valence-electron chi connectivity index (χ4n) is 7.51. The van der Waals surface area contributed by atoms with E-state index < -0.39 is 88.8 Å². The van der Waals surface area contributed by atoms with Crippen LogP contribution in [0.4, 0.5) is 5.69 Å². The van der Waals surface area contributed by atoms with Crippen LogP contribution in [0.2, 0.25) is 0 Å². The van der Waals surface area contributed by atoms with Crippen molar-refractivity contribution in [1.29, 1.82) is 0 Å². The van der Waals surface area contributed by atoms with Gasteiger partial charge in [-0.25, -0.2) is 0 Å². The lowest BCUT2D eigenvalue weighted by Crippen LogP contribution is -2.46. The first-order valence-corrected chi connectivity index (χ1v) is 18.4. The van der Waals surface area contributed by atoms with Crippen LogP contribution >= 0.6 is 0 Å². The van der Waals surface area contributed by atoms with E-state index in [9.17, 15) is 39.9 Å². The van der Waals surface area contributed by atoms with Crippen LogP contribution in [-0.2, 0) is 23.8 Å². The number of pyridine rings is 1. The van der Waals surface area contributed by atoms with Crippen molar-refractivity contribution in [3.05, 3.63) is 77.9 Å². The molecule has 300 valence electrons. The van der Waals surface area contributed by atoms with Crippen LogP contribution < -0.4 is 14.6 Å². The minimum atomic E-state index is -2.04. The molecule has 9 unspecified atom stereocenters. The highest BCUT2D eigenvalue weighted by Crippen LogP contribution is 2.55. The van der Waals surface area contributed by atoms with E-state index in [1.807, 2.05) is 0 Å². The molecule has 6 N–H and O–H groups in total. The molecule has 9 atom stereocenters. The number of aromatic hydroxyl groups is 3. The van der Waals surface area contributed by atoms with Gasteiger partial charge in [-0.2, -0.15) is 4.57 Å². The summed E-state index contributed by atoms with van der Waals surface area (Å²) in [6, 6.07) is 5.03. The van der Waals surface area contributed by atoms with E-state index >= 15 is 0 Å². The number of nitrogens with zero attached hydrogens (tertiary/aromatic N) is 1. The summed E-state index contributed by atoms with van der Waals surface area (Å²) >= 11 is 0. The molecule has 5 bridgehead atoms. The normalized spacial score (nSPS) is 30.9. The number of hydrogen-bond acceptors (Lipinski definition) is 12. The van der Waals surface area contributed by atoms with Gasteiger partial charge in [0, 0.05) is 67.9 Å². The zero-order valence-electron chi connectivity index (χ0n) is 32.9. The summed E-state index contributed by atoms with van der Waals surface area (Å²) in [5, 5.41) is 60.4. The van der Waals surface area contributed by atoms with E-state index in [-0.39, 0.29) is 44.6 Å². The predicted octanol–water partition coefficient (Wildman–Crippen LogP) is 5.03. The zero-order valence-corrected chi connectivity index (χ0v) is 32.9. The summed E-state index contributed by atoms with van der Waals surface area (Å²) in [7, 11) is 1.43. The quantitative estimate of drug-likeness (QED) is 0.0898. The third kappa shape index (κ3) is 7.56. The number of phenolic OH excluding ortho intramolecular Hbond substituents is 3. The number of esters is 1. The Balaban J connectivity index is 1.74. The maximum absolute atomic E-state index is 14.4. The number of rotatable bonds is 3. The highest BCUT2D eigenvalue weighted by molar-refractivity contribution is 6.22. The predicted molar refractivity (Wildman–Crippen MR) is 205 cm³/mol. The first-order chi connectivity index (χ1) is 26.4. The van der Waals surface area contributed by atoms with Gasteiger partial charge in [0.25, 0.3) is 17.4 Å². The summed E-state index contributed by atoms with van der Waals surface area (Å²) in [6.07, 6.45) is 6.69. The van der Waals surface area contributed by atoms with Gasteiger partial charge in [0.05, 0.1) is 40.9 Å². The Bertz CT molecular complexity index is 2110. The molecule has 14 heteroatoms. The number of allylic oxidation sites excluding steroid dienone is 2. The number of aromatic nitrogens is 1. The van der Waals surface area contributed by atoms with Crippen molar-refractivity contribution in [2.24, 2.45) is 23.7 Å². The van der Waals surface area contributed by atoms with Gasteiger partial charge in [0.15, 0.2) is 29.6 Å². The number of aliphatic hydroxyl groups excluding tert-OH is 2. The molecule has 14 nitrogen and oxygen atoms in total. The second-order valence-electron chi connectivity index (χ2n) is 14.8. The van der Waals surface area contributed by atoms with E-state index in [1.165, 1.54) is 57.8 Å².